The summed E-state index contributed by atoms with van der Waals surface area (Å²) >= 11 is 0. The first kappa shape index (κ1) is 19.1. The van der Waals surface area contributed by atoms with Crippen molar-refractivity contribution in [2.24, 2.45) is 0 Å². The summed E-state index contributed by atoms with van der Waals surface area (Å²) in [6.45, 7) is 6.12. The normalized spacial score (nSPS) is 14.9. The largest absolute Gasteiger partial charge is 0.507 e. The molecular weight excluding hydrogens is 378 g/mol. The number of aromatic hydroxyl groups is 1. The fourth-order valence-corrected chi connectivity index (χ4v) is 3.36. The van der Waals surface area contributed by atoms with E-state index in [1.54, 1.807) is 6.92 Å². The lowest BCUT2D eigenvalue weighted by atomic mass is 10.0. The number of aromatic nitrogens is 3. The molecule has 0 bridgehead atoms. The molecule has 4 heterocycles. The number of hydrogen-bond donors (Lipinski definition) is 3. The van der Waals surface area contributed by atoms with Gasteiger partial charge < -0.3 is 19.6 Å². The molecule has 0 spiro atoms. The highest BCUT2D eigenvalue weighted by atomic mass is 16.5. The highest BCUT2D eigenvalue weighted by molar-refractivity contribution is 5.93. The second-order valence-electron chi connectivity index (χ2n) is 6.76. The maximum atomic E-state index is 12.7. The first-order chi connectivity index (χ1) is 14.0. The summed E-state index contributed by atoms with van der Waals surface area (Å²) in [5.74, 6) is 0.298. The number of pyridine rings is 1. The zero-order chi connectivity index (χ0) is 20.4. The van der Waals surface area contributed by atoms with Gasteiger partial charge in [-0.05, 0) is 13.0 Å². The van der Waals surface area contributed by atoms with Gasteiger partial charge in [0.2, 0.25) is 5.95 Å². The maximum Gasteiger partial charge on any atom is 0.347 e. The number of nitrogens with one attached hydrogen (secondary N) is 2. The number of hydrogen-bond acceptors (Lipinski definition) is 9. The number of ether oxygens (including phenoxy) is 1. The van der Waals surface area contributed by atoms with Crippen molar-refractivity contribution in [1.82, 2.24) is 19.9 Å². The number of H-pyrrole nitrogens is 1. The molecule has 10 nitrogen and oxygen atoms in total. The van der Waals surface area contributed by atoms with Crippen LogP contribution in [0.25, 0.3) is 22.2 Å². The second-order valence-corrected chi connectivity index (χ2v) is 6.76. The van der Waals surface area contributed by atoms with Crippen molar-refractivity contribution < 1.29 is 14.3 Å². The van der Waals surface area contributed by atoms with E-state index in [-0.39, 0.29) is 33.7 Å². The van der Waals surface area contributed by atoms with Crippen LogP contribution in [0.4, 0.5) is 5.95 Å². The molecule has 1 fully saturated rings. The Bertz CT molecular complexity index is 1150. The molecule has 0 saturated carbocycles. The van der Waals surface area contributed by atoms with E-state index in [1.165, 1.54) is 18.3 Å². The smallest absolute Gasteiger partial charge is 0.347 e. The average Bonchev–Trinajstić information content (AvgIpc) is 2.68. The van der Waals surface area contributed by atoms with E-state index in [1.807, 2.05) is 0 Å². The average molecular weight is 399 g/mol. The molecular formula is C19H21N5O5. The van der Waals surface area contributed by atoms with E-state index in [0.717, 1.165) is 32.8 Å². The van der Waals surface area contributed by atoms with Gasteiger partial charge in [0.1, 0.15) is 17.1 Å². The molecule has 3 N–H and O–H groups in total. The van der Waals surface area contributed by atoms with E-state index >= 15 is 0 Å². The molecule has 1 aliphatic rings. The lowest BCUT2D eigenvalue weighted by Gasteiger charge is -2.26. The number of rotatable bonds is 5. The third-order valence-electron chi connectivity index (χ3n) is 4.76. The zero-order valence-electron chi connectivity index (χ0n) is 15.9. The minimum absolute atomic E-state index is 0.0941. The second kappa shape index (κ2) is 8.02. The lowest BCUT2D eigenvalue weighted by Crippen LogP contribution is -2.39. The third-order valence-corrected chi connectivity index (χ3v) is 4.76. The molecule has 4 rings (SSSR count). The van der Waals surface area contributed by atoms with Crippen LogP contribution in [0.2, 0.25) is 0 Å². The van der Waals surface area contributed by atoms with Crippen LogP contribution in [0, 0.1) is 6.92 Å². The van der Waals surface area contributed by atoms with Gasteiger partial charge in [0.25, 0.3) is 5.56 Å². The molecule has 3 aromatic rings. The van der Waals surface area contributed by atoms with Gasteiger partial charge in [0.05, 0.1) is 18.6 Å². The van der Waals surface area contributed by atoms with E-state index in [2.05, 4.69) is 25.2 Å². The number of nitrogens with zero attached hydrogens (tertiary/aromatic N) is 3. The van der Waals surface area contributed by atoms with Crippen LogP contribution in [-0.4, -0.2) is 64.4 Å². The Labute approximate surface area is 165 Å². The maximum absolute atomic E-state index is 12.7. The predicted octanol–water partition coefficient (Wildman–Crippen LogP) is 0.696. The fourth-order valence-electron chi connectivity index (χ4n) is 3.36. The molecule has 0 amide bonds. The van der Waals surface area contributed by atoms with E-state index in [0.29, 0.717) is 12.5 Å². The summed E-state index contributed by atoms with van der Waals surface area (Å²) in [7, 11) is 0. The molecule has 1 aliphatic heterocycles. The van der Waals surface area contributed by atoms with Gasteiger partial charge in [-0.1, -0.05) is 0 Å². The topological polar surface area (TPSA) is 134 Å². The standard InChI is InChI=1S/C19H21N5O5/c1-11-10-13(25)14(18(27)29-11)12-2-3-20-16-15(12)17(26)23-19(22-16)21-4-5-24-6-8-28-9-7-24/h2-3,10,25H,4-9H2,1H3,(H2,20,21,22,23,26). The molecule has 29 heavy (non-hydrogen) atoms. The van der Waals surface area contributed by atoms with Crippen LogP contribution in [-0.2, 0) is 4.74 Å². The van der Waals surface area contributed by atoms with Gasteiger partial charge in [-0.2, -0.15) is 4.98 Å². The van der Waals surface area contributed by atoms with Crippen molar-refractivity contribution in [2.45, 2.75) is 6.92 Å². The number of aromatic amines is 1. The molecule has 3 aromatic heterocycles. The summed E-state index contributed by atoms with van der Waals surface area (Å²) in [5.41, 5.74) is -0.911. The summed E-state index contributed by atoms with van der Waals surface area (Å²) in [6.07, 6.45) is 1.43. The van der Waals surface area contributed by atoms with Crippen molar-refractivity contribution in [2.75, 3.05) is 44.7 Å². The molecule has 152 valence electrons. The van der Waals surface area contributed by atoms with Gasteiger partial charge in [0.15, 0.2) is 5.65 Å². The Balaban J connectivity index is 1.64. The van der Waals surface area contributed by atoms with Crippen LogP contribution in [0.3, 0.4) is 0 Å². The SMILES string of the molecule is Cc1cc(O)c(-c2ccnc3nc(NCCN4CCOCC4)[nH]c(=O)c23)c(=O)o1. The summed E-state index contributed by atoms with van der Waals surface area (Å²) in [4.78, 5) is 38.4. The first-order valence-corrected chi connectivity index (χ1v) is 9.30. The van der Waals surface area contributed by atoms with Crippen LogP contribution < -0.4 is 16.5 Å². The fraction of sp³-hybridized carbons (Fsp3) is 0.368. The number of morpholine rings is 1. The zero-order valence-corrected chi connectivity index (χ0v) is 15.9. The Kier molecular flexibility index (Phi) is 5.28. The van der Waals surface area contributed by atoms with Crippen molar-refractivity contribution in [1.29, 1.82) is 0 Å². The van der Waals surface area contributed by atoms with Gasteiger partial charge >= 0.3 is 5.63 Å². The van der Waals surface area contributed by atoms with Gasteiger partial charge in [-0.15, -0.1) is 0 Å². The first-order valence-electron chi connectivity index (χ1n) is 9.30. The summed E-state index contributed by atoms with van der Waals surface area (Å²) < 4.78 is 10.4. The highest BCUT2D eigenvalue weighted by Crippen LogP contribution is 2.29. The quantitative estimate of drug-likeness (QED) is 0.567. The van der Waals surface area contributed by atoms with Crippen LogP contribution in [0.15, 0.2) is 32.3 Å². The third kappa shape index (κ3) is 3.98. The minimum atomic E-state index is -0.734. The van der Waals surface area contributed by atoms with Crippen LogP contribution >= 0.6 is 0 Å². The molecule has 10 heteroatoms. The van der Waals surface area contributed by atoms with Gasteiger partial charge in [-0.3, -0.25) is 14.7 Å². The van der Waals surface area contributed by atoms with Crippen molar-refractivity contribution in [3.05, 3.63) is 44.9 Å². The summed E-state index contributed by atoms with van der Waals surface area (Å²) in [6, 6.07) is 2.80. The van der Waals surface area contributed by atoms with Crippen LogP contribution in [0.5, 0.6) is 5.75 Å². The van der Waals surface area contributed by atoms with Crippen molar-refractivity contribution >= 4 is 17.0 Å². The minimum Gasteiger partial charge on any atom is -0.507 e. The molecule has 0 radical (unpaired) electrons. The van der Waals surface area contributed by atoms with Crippen molar-refractivity contribution in [3.8, 4) is 16.9 Å². The lowest BCUT2D eigenvalue weighted by molar-refractivity contribution is 0.0398. The molecule has 0 atom stereocenters. The van der Waals surface area contributed by atoms with E-state index < -0.39 is 11.2 Å². The van der Waals surface area contributed by atoms with Crippen molar-refractivity contribution in [3.63, 3.8) is 0 Å². The van der Waals surface area contributed by atoms with Gasteiger partial charge in [-0.25, -0.2) is 9.78 Å². The Morgan fingerprint density at radius 2 is 2.10 bits per heavy atom. The number of anilines is 1. The monoisotopic (exact) mass is 399 g/mol. The van der Waals surface area contributed by atoms with E-state index in [9.17, 15) is 14.7 Å². The highest BCUT2D eigenvalue weighted by Gasteiger charge is 2.18. The Morgan fingerprint density at radius 3 is 2.86 bits per heavy atom. The number of fused-ring (bicyclic) bond motifs is 1. The Morgan fingerprint density at radius 1 is 1.31 bits per heavy atom. The summed E-state index contributed by atoms with van der Waals surface area (Å²) in [5, 5.41) is 13.4. The predicted molar refractivity (Wildman–Crippen MR) is 106 cm³/mol. The van der Waals surface area contributed by atoms with Crippen LogP contribution in [0.1, 0.15) is 5.76 Å². The molecule has 0 unspecified atom stereocenters. The Hall–Kier alpha value is -3.24. The molecule has 0 aliphatic carbocycles. The molecule has 1 saturated heterocycles. The molecule has 0 aromatic carbocycles. The van der Waals surface area contributed by atoms with E-state index in [4.69, 9.17) is 9.15 Å². The van der Waals surface area contributed by atoms with Gasteiger partial charge in [0, 0.05) is 44.0 Å². The number of aryl methyl sites for hydroxylation is 1.